The number of nitrogens with zero attached hydrogens (tertiary/aromatic N) is 3. The van der Waals surface area contributed by atoms with Crippen molar-refractivity contribution in [1.29, 1.82) is 0 Å². The van der Waals surface area contributed by atoms with Crippen LogP contribution in [-0.2, 0) is 25.6 Å². The molecule has 112 valence electrons. The molecule has 3 rings (SSSR count). The van der Waals surface area contributed by atoms with Gasteiger partial charge in [-0.25, -0.2) is 0 Å². The Bertz CT molecular complexity index is 646. The van der Waals surface area contributed by atoms with Crippen LogP contribution in [0.15, 0.2) is 24.3 Å². The molecule has 0 saturated heterocycles. The third kappa shape index (κ3) is 2.80. The molecule has 6 heteroatoms. The third-order valence-electron chi connectivity index (χ3n) is 3.93. The highest BCUT2D eigenvalue weighted by Gasteiger charge is 2.33. The van der Waals surface area contributed by atoms with Crippen LogP contribution in [0.5, 0.6) is 0 Å². The number of hydrogen-bond donors (Lipinski definition) is 0. The lowest BCUT2D eigenvalue weighted by Crippen LogP contribution is -2.20. The maximum atomic E-state index is 13.0. The highest BCUT2D eigenvalue weighted by Crippen LogP contribution is 2.33. The Morgan fingerprint density at radius 1 is 1.24 bits per heavy atom. The fraction of sp³-hybridized carbons (Fsp3) is 0.467. The summed E-state index contributed by atoms with van der Waals surface area (Å²) in [5.41, 5.74) is -0.343. The lowest BCUT2D eigenvalue weighted by Gasteiger charge is -2.21. The second-order valence-electron chi connectivity index (χ2n) is 5.62. The monoisotopic (exact) mass is 295 g/mol. The van der Waals surface area contributed by atoms with Crippen LogP contribution in [0.25, 0.3) is 0 Å². The molecule has 1 aliphatic rings. The van der Waals surface area contributed by atoms with Gasteiger partial charge in [-0.1, -0.05) is 25.1 Å². The predicted octanol–water partition coefficient (Wildman–Crippen LogP) is 3.47. The topological polar surface area (TPSA) is 30.7 Å². The number of hydrogen-bond acceptors (Lipinski definition) is 2. The normalized spacial score (nSPS) is 18.6. The minimum atomic E-state index is -4.34. The molecule has 2 heterocycles. The maximum absolute atomic E-state index is 13.0. The summed E-state index contributed by atoms with van der Waals surface area (Å²) in [5.74, 6) is 2.01. The van der Waals surface area contributed by atoms with Gasteiger partial charge in [0.1, 0.15) is 11.6 Å². The summed E-state index contributed by atoms with van der Waals surface area (Å²) in [6.07, 6.45) is -2.28. The Morgan fingerprint density at radius 3 is 2.76 bits per heavy atom. The Balaban J connectivity index is 1.94. The van der Waals surface area contributed by atoms with Crippen molar-refractivity contribution in [1.82, 2.24) is 14.8 Å². The summed E-state index contributed by atoms with van der Waals surface area (Å²) in [4.78, 5) is 0. The maximum Gasteiger partial charge on any atom is 0.416 e. The molecule has 1 aromatic carbocycles. The molecular formula is C15H16F3N3. The molecule has 21 heavy (non-hydrogen) atoms. The second kappa shape index (κ2) is 5.16. The van der Waals surface area contributed by atoms with E-state index in [1.807, 2.05) is 4.57 Å². The van der Waals surface area contributed by atoms with E-state index in [4.69, 9.17) is 0 Å². The minimum absolute atomic E-state index is 0.162. The highest BCUT2D eigenvalue weighted by molar-refractivity contribution is 5.32. The summed E-state index contributed by atoms with van der Waals surface area (Å²) in [5, 5.41) is 8.21. The van der Waals surface area contributed by atoms with Gasteiger partial charge in [-0.2, -0.15) is 13.2 Å². The first-order valence-electron chi connectivity index (χ1n) is 7.01. The van der Waals surface area contributed by atoms with Gasteiger partial charge in [0.2, 0.25) is 0 Å². The highest BCUT2D eigenvalue weighted by atomic mass is 19.4. The molecule has 1 aromatic heterocycles. The number of aromatic nitrogens is 3. The van der Waals surface area contributed by atoms with Crippen LogP contribution in [-0.4, -0.2) is 14.8 Å². The van der Waals surface area contributed by atoms with Crippen LogP contribution >= 0.6 is 0 Å². The van der Waals surface area contributed by atoms with E-state index in [0.717, 1.165) is 31.3 Å². The Kier molecular flexibility index (Phi) is 3.47. The van der Waals surface area contributed by atoms with Crippen molar-refractivity contribution in [3.63, 3.8) is 0 Å². The third-order valence-corrected chi connectivity index (χ3v) is 3.93. The summed E-state index contributed by atoms with van der Waals surface area (Å²) in [7, 11) is 0. The number of fused-ring (bicyclic) bond motifs is 1. The van der Waals surface area contributed by atoms with E-state index >= 15 is 0 Å². The molecule has 0 radical (unpaired) electrons. The molecule has 3 nitrogen and oxygen atoms in total. The molecule has 0 N–H and O–H groups in total. The minimum Gasteiger partial charge on any atom is -0.314 e. The predicted molar refractivity (Wildman–Crippen MR) is 71.8 cm³/mol. The zero-order valence-corrected chi connectivity index (χ0v) is 11.7. The molecule has 0 spiro atoms. The molecule has 1 atom stereocenters. The van der Waals surface area contributed by atoms with Crippen molar-refractivity contribution in [2.75, 3.05) is 0 Å². The van der Waals surface area contributed by atoms with Gasteiger partial charge in [0.25, 0.3) is 0 Å². The lowest BCUT2D eigenvalue weighted by atomic mass is 10.0. The van der Waals surface area contributed by atoms with Crippen LogP contribution in [0.2, 0.25) is 0 Å². The Hall–Kier alpha value is -1.85. The van der Waals surface area contributed by atoms with Gasteiger partial charge in [-0.05, 0) is 24.0 Å². The number of rotatable bonds is 2. The van der Waals surface area contributed by atoms with E-state index in [9.17, 15) is 13.2 Å². The largest absolute Gasteiger partial charge is 0.416 e. The van der Waals surface area contributed by atoms with Crippen molar-refractivity contribution in [2.24, 2.45) is 5.92 Å². The van der Waals surface area contributed by atoms with Crippen molar-refractivity contribution >= 4 is 0 Å². The average Bonchev–Trinajstić information content (AvgIpc) is 2.81. The number of halogens is 3. The molecule has 1 aliphatic heterocycles. The SMILES string of the molecule is CC1CCc2nnc(Cc3ccccc3C(F)(F)F)n2C1. The number of aryl methyl sites for hydroxylation is 1. The van der Waals surface area contributed by atoms with Gasteiger partial charge >= 0.3 is 6.18 Å². The van der Waals surface area contributed by atoms with E-state index in [1.165, 1.54) is 12.1 Å². The van der Waals surface area contributed by atoms with Gasteiger partial charge in [-0.3, -0.25) is 0 Å². The zero-order valence-electron chi connectivity index (χ0n) is 11.7. The molecule has 0 aliphatic carbocycles. The van der Waals surface area contributed by atoms with Gasteiger partial charge in [0, 0.05) is 19.4 Å². The lowest BCUT2D eigenvalue weighted by molar-refractivity contribution is -0.138. The molecular weight excluding hydrogens is 279 g/mol. The number of benzene rings is 1. The first-order chi connectivity index (χ1) is 9.95. The molecule has 0 fully saturated rings. The van der Waals surface area contributed by atoms with Crippen LogP contribution in [0.4, 0.5) is 13.2 Å². The second-order valence-corrected chi connectivity index (χ2v) is 5.62. The van der Waals surface area contributed by atoms with Gasteiger partial charge in [0.15, 0.2) is 0 Å². The van der Waals surface area contributed by atoms with Gasteiger partial charge < -0.3 is 4.57 Å². The van der Waals surface area contributed by atoms with Gasteiger partial charge in [0.05, 0.1) is 5.56 Å². The van der Waals surface area contributed by atoms with Crippen LogP contribution < -0.4 is 0 Å². The van der Waals surface area contributed by atoms with E-state index in [0.29, 0.717) is 11.7 Å². The van der Waals surface area contributed by atoms with Gasteiger partial charge in [-0.15, -0.1) is 10.2 Å². The molecule has 0 bridgehead atoms. The summed E-state index contributed by atoms with van der Waals surface area (Å²) in [6.45, 7) is 2.92. The van der Waals surface area contributed by atoms with Crippen molar-refractivity contribution in [2.45, 2.75) is 38.9 Å². The Labute approximate surface area is 120 Å². The van der Waals surface area contributed by atoms with E-state index in [2.05, 4.69) is 17.1 Å². The summed E-state index contributed by atoms with van der Waals surface area (Å²) < 4.78 is 41.1. The van der Waals surface area contributed by atoms with Crippen LogP contribution in [0.3, 0.4) is 0 Å². The van der Waals surface area contributed by atoms with Crippen molar-refractivity contribution < 1.29 is 13.2 Å². The molecule has 1 unspecified atom stereocenters. The average molecular weight is 295 g/mol. The first kappa shape index (κ1) is 14.1. The van der Waals surface area contributed by atoms with Crippen molar-refractivity contribution in [3.8, 4) is 0 Å². The Morgan fingerprint density at radius 2 is 2.00 bits per heavy atom. The van der Waals surface area contributed by atoms with E-state index < -0.39 is 11.7 Å². The quantitative estimate of drug-likeness (QED) is 0.849. The fourth-order valence-electron chi connectivity index (χ4n) is 2.80. The zero-order chi connectivity index (χ0) is 15.0. The molecule has 0 amide bonds. The van der Waals surface area contributed by atoms with Crippen LogP contribution in [0, 0.1) is 5.92 Å². The van der Waals surface area contributed by atoms with E-state index in [-0.39, 0.29) is 12.0 Å². The molecule has 0 saturated carbocycles. The standard InChI is InChI=1S/C15H16F3N3/c1-10-6-7-13-19-20-14(21(13)9-10)8-11-4-2-3-5-12(11)15(16,17)18/h2-5,10H,6-9H2,1H3. The summed E-state index contributed by atoms with van der Waals surface area (Å²) in [6, 6.07) is 5.66. The van der Waals surface area contributed by atoms with E-state index in [1.54, 1.807) is 6.07 Å². The summed E-state index contributed by atoms with van der Waals surface area (Å²) >= 11 is 0. The molecule has 2 aromatic rings. The smallest absolute Gasteiger partial charge is 0.314 e. The first-order valence-corrected chi connectivity index (χ1v) is 7.01. The number of alkyl halides is 3. The fourth-order valence-corrected chi connectivity index (χ4v) is 2.80. The van der Waals surface area contributed by atoms with Crippen LogP contribution in [0.1, 0.15) is 36.1 Å². The van der Waals surface area contributed by atoms with Crippen molar-refractivity contribution in [3.05, 3.63) is 47.0 Å².